The second kappa shape index (κ2) is 2.82. The van der Waals surface area contributed by atoms with Gasteiger partial charge < -0.3 is 9.47 Å². The Morgan fingerprint density at radius 3 is 2.00 bits per heavy atom. The Bertz CT molecular complexity index is 210. The number of ether oxygens (including phenoxy) is 2. The van der Waals surface area contributed by atoms with Gasteiger partial charge in [-0.05, 0) is 24.7 Å². The Balaban J connectivity index is 1.77. The zero-order valence-electron chi connectivity index (χ0n) is 7.87. The summed E-state index contributed by atoms with van der Waals surface area (Å²) in [6.45, 7) is 1.60. The van der Waals surface area contributed by atoms with E-state index in [2.05, 4.69) is 12.2 Å². The predicted octanol–water partition coefficient (Wildman–Crippen LogP) is 2.11. The van der Waals surface area contributed by atoms with E-state index >= 15 is 0 Å². The largest absolute Gasteiger partial charge is 0.348 e. The van der Waals surface area contributed by atoms with Crippen LogP contribution in [0.1, 0.15) is 25.7 Å². The molecule has 13 heavy (non-hydrogen) atoms. The Labute approximate surface area is 78.9 Å². The van der Waals surface area contributed by atoms with Crippen LogP contribution in [-0.2, 0) is 9.47 Å². The van der Waals surface area contributed by atoms with Gasteiger partial charge in [-0.1, -0.05) is 12.2 Å². The van der Waals surface area contributed by atoms with Gasteiger partial charge in [0.15, 0.2) is 5.79 Å². The van der Waals surface area contributed by atoms with Crippen LogP contribution < -0.4 is 0 Å². The molecule has 1 saturated carbocycles. The van der Waals surface area contributed by atoms with Crippen molar-refractivity contribution in [2.45, 2.75) is 31.5 Å². The SMILES string of the molecule is C1=CC[C@H]2CC3(C[C@H]2C1)OCCO3. The highest BCUT2D eigenvalue weighted by Gasteiger charge is 2.48. The van der Waals surface area contributed by atoms with Crippen molar-refractivity contribution < 1.29 is 9.47 Å². The molecule has 2 fully saturated rings. The van der Waals surface area contributed by atoms with Crippen molar-refractivity contribution in [3.63, 3.8) is 0 Å². The van der Waals surface area contributed by atoms with Gasteiger partial charge in [0.05, 0.1) is 13.2 Å². The topological polar surface area (TPSA) is 18.5 Å². The molecule has 2 aliphatic carbocycles. The number of hydrogen-bond donors (Lipinski definition) is 0. The number of rotatable bonds is 0. The van der Waals surface area contributed by atoms with E-state index in [-0.39, 0.29) is 5.79 Å². The number of hydrogen-bond acceptors (Lipinski definition) is 2. The lowest BCUT2D eigenvalue weighted by Crippen LogP contribution is -2.26. The molecule has 2 heteroatoms. The van der Waals surface area contributed by atoms with Crippen LogP contribution in [0.4, 0.5) is 0 Å². The van der Waals surface area contributed by atoms with E-state index in [1.807, 2.05) is 0 Å². The second-order valence-corrected chi connectivity index (χ2v) is 4.48. The maximum Gasteiger partial charge on any atom is 0.169 e. The number of fused-ring (bicyclic) bond motifs is 1. The molecule has 1 saturated heterocycles. The molecule has 0 aromatic rings. The van der Waals surface area contributed by atoms with Gasteiger partial charge in [0, 0.05) is 12.8 Å². The molecule has 1 heterocycles. The van der Waals surface area contributed by atoms with Crippen LogP contribution >= 0.6 is 0 Å². The lowest BCUT2D eigenvalue weighted by atomic mass is 9.86. The first-order valence-corrected chi connectivity index (χ1v) is 5.31. The fourth-order valence-electron chi connectivity index (χ4n) is 3.04. The van der Waals surface area contributed by atoms with Crippen molar-refractivity contribution in [1.29, 1.82) is 0 Å². The van der Waals surface area contributed by atoms with Crippen LogP contribution in [0.5, 0.6) is 0 Å². The predicted molar refractivity (Wildman–Crippen MR) is 49.2 cm³/mol. The molecule has 1 aliphatic heterocycles. The molecule has 2 atom stereocenters. The molecule has 0 radical (unpaired) electrons. The Morgan fingerprint density at radius 1 is 0.923 bits per heavy atom. The van der Waals surface area contributed by atoms with Gasteiger partial charge in [0.25, 0.3) is 0 Å². The summed E-state index contributed by atoms with van der Waals surface area (Å²) in [7, 11) is 0. The van der Waals surface area contributed by atoms with Gasteiger partial charge in [-0.25, -0.2) is 0 Å². The molecule has 0 bridgehead atoms. The normalized spacial score (nSPS) is 41.2. The fourth-order valence-corrected chi connectivity index (χ4v) is 3.04. The van der Waals surface area contributed by atoms with Crippen LogP contribution in [0.3, 0.4) is 0 Å². The zero-order valence-corrected chi connectivity index (χ0v) is 7.87. The van der Waals surface area contributed by atoms with Gasteiger partial charge in [-0.2, -0.15) is 0 Å². The first-order chi connectivity index (χ1) is 6.38. The van der Waals surface area contributed by atoms with E-state index in [9.17, 15) is 0 Å². The monoisotopic (exact) mass is 180 g/mol. The molecule has 3 rings (SSSR count). The van der Waals surface area contributed by atoms with Crippen molar-refractivity contribution in [1.82, 2.24) is 0 Å². The van der Waals surface area contributed by atoms with E-state index in [1.54, 1.807) is 0 Å². The summed E-state index contributed by atoms with van der Waals surface area (Å²) in [5.74, 6) is 1.48. The average Bonchev–Trinajstić information content (AvgIpc) is 2.72. The van der Waals surface area contributed by atoms with Gasteiger partial charge in [-0.15, -0.1) is 0 Å². The molecule has 72 valence electrons. The molecule has 1 spiro atoms. The molecule has 0 aromatic heterocycles. The van der Waals surface area contributed by atoms with E-state index in [1.165, 1.54) is 12.8 Å². The smallest absolute Gasteiger partial charge is 0.169 e. The summed E-state index contributed by atoms with van der Waals surface area (Å²) in [4.78, 5) is 0. The first kappa shape index (κ1) is 8.01. The van der Waals surface area contributed by atoms with E-state index in [4.69, 9.17) is 9.47 Å². The molecule has 3 aliphatic rings. The fraction of sp³-hybridized carbons (Fsp3) is 0.818. The zero-order chi connectivity index (χ0) is 8.73. The second-order valence-electron chi connectivity index (χ2n) is 4.48. The molecule has 0 aromatic carbocycles. The minimum Gasteiger partial charge on any atom is -0.348 e. The molecule has 0 unspecified atom stereocenters. The summed E-state index contributed by atoms with van der Waals surface area (Å²) in [6.07, 6.45) is 9.35. The lowest BCUT2D eigenvalue weighted by Gasteiger charge is -2.21. The van der Waals surface area contributed by atoms with Gasteiger partial charge in [0.2, 0.25) is 0 Å². The summed E-state index contributed by atoms with van der Waals surface area (Å²) < 4.78 is 11.5. The van der Waals surface area contributed by atoms with Crippen LogP contribution in [0.25, 0.3) is 0 Å². The average molecular weight is 180 g/mol. The minimum atomic E-state index is -0.165. The highest BCUT2D eigenvalue weighted by Crippen LogP contribution is 2.48. The third kappa shape index (κ3) is 1.24. The van der Waals surface area contributed by atoms with Gasteiger partial charge in [0.1, 0.15) is 0 Å². The Hall–Kier alpha value is -0.340. The minimum absolute atomic E-state index is 0.165. The molecule has 2 nitrogen and oxygen atoms in total. The van der Waals surface area contributed by atoms with Crippen molar-refractivity contribution in [3.05, 3.63) is 12.2 Å². The van der Waals surface area contributed by atoms with Crippen LogP contribution in [0.15, 0.2) is 12.2 Å². The lowest BCUT2D eigenvalue weighted by molar-refractivity contribution is -0.154. The summed E-state index contributed by atoms with van der Waals surface area (Å²) >= 11 is 0. The van der Waals surface area contributed by atoms with Crippen molar-refractivity contribution >= 4 is 0 Å². The summed E-state index contributed by atoms with van der Waals surface area (Å²) in [5.41, 5.74) is 0. The highest BCUT2D eigenvalue weighted by molar-refractivity contribution is 5.02. The van der Waals surface area contributed by atoms with Crippen molar-refractivity contribution in [2.75, 3.05) is 13.2 Å². The summed E-state index contributed by atoms with van der Waals surface area (Å²) in [6, 6.07) is 0. The van der Waals surface area contributed by atoms with E-state index in [0.717, 1.165) is 37.9 Å². The molecule has 0 amide bonds. The highest BCUT2D eigenvalue weighted by atomic mass is 16.7. The van der Waals surface area contributed by atoms with Crippen LogP contribution in [0, 0.1) is 11.8 Å². The van der Waals surface area contributed by atoms with Crippen molar-refractivity contribution in [3.8, 4) is 0 Å². The Morgan fingerprint density at radius 2 is 1.46 bits per heavy atom. The van der Waals surface area contributed by atoms with Crippen LogP contribution in [-0.4, -0.2) is 19.0 Å². The maximum absolute atomic E-state index is 5.74. The third-order valence-corrected chi connectivity index (χ3v) is 3.67. The molecule has 0 N–H and O–H groups in total. The standard InChI is InChI=1S/C11H16O2/c1-2-4-10-8-11(7-9(10)3-1)12-5-6-13-11/h1-2,9-10H,3-8H2/t9-,10+. The third-order valence-electron chi connectivity index (χ3n) is 3.67. The van der Waals surface area contributed by atoms with Crippen molar-refractivity contribution in [2.24, 2.45) is 11.8 Å². The first-order valence-electron chi connectivity index (χ1n) is 5.31. The Kier molecular flexibility index (Phi) is 1.74. The van der Waals surface area contributed by atoms with E-state index < -0.39 is 0 Å². The maximum atomic E-state index is 5.74. The quantitative estimate of drug-likeness (QED) is 0.531. The van der Waals surface area contributed by atoms with E-state index in [0.29, 0.717) is 0 Å². The van der Waals surface area contributed by atoms with Gasteiger partial charge >= 0.3 is 0 Å². The molecular formula is C11H16O2. The summed E-state index contributed by atoms with van der Waals surface area (Å²) in [5, 5.41) is 0. The van der Waals surface area contributed by atoms with Crippen LogP contribution in [0.2, 0.25) is 0 Å². The van der Waals surface area contributed by atoms with Gasteiger partial charge in [-0.3, -0.25) is 0 Å². The number of allylic oxidation sites excluding steroid dienone is 2. The molecular weight excluding hydrogens is 164 g/mol.